The van der Waals surface area contributed by atoms with Crippen molar-refractivity contribution in [2.75, 3.05) is 19.6 Å². The van der Waals surface area contributed by atoms with E-state index < -0.39 is 0 Å². The number of nitrogens with one attached hydrogen (secondary N) is 1. The van der Waals surface area contributed by atoms with Crippen molar-refractivity contribution in [2.24, 2.45) is 5.73 Å². The summed E-state index contributed by atoms with van der Waals surface area (Å²) in [7, 11) is 0. The SMILES string of the molecule is CCN(CC)CCCC(C)NC(=O)c1ccc(CN)o1. The van der Waals surface area contributed by atoms with Gasteiger partial charge in [0.05, 0.1) is 6.54 Å². The molecule has 1 amide bonds. The molecule has 1 aromatic rings. The minimum Gasteiger partial charge on any atom is -0.455 e. The van der Waals surface area contributed by atoms with Crippen molar-refractivity contribution < 1.29 is 9.21 Å². The number of nitrogens with two attached hydrogens (primary N) is 1. The van der Waals surface area contributed by atoms with E-state index in [1.165, 1.54) is 0 Å². The lowest BCUT2D eigenvalue weighted by atomic mass is 10.1. The predicted molar refractivity (Wildman–Crippen MR) is 80.5 cm³/mol. The van der Waals surface area contributed by atoms with E-state index in [1.807, 2.05) is 6.92 Å². The van der Waals surface area contributed by atoms with Crippen LogP contribution in [0, 0.1) is 0 Å². The number of hydrogen-bond donors (Lipinski definition) is 2. The Bertz CT molecular complexity index is 400. The standard InChI is InChI=1S/C15H27N3O2/c1-4-18(5-2)10-6-7-12(3)17-15(19)14-9-8-13(11-16)20-14/h8-9,12H,4-7,10-11,16H2,1-3H3,(H,17,19). The van der Waals surface area contributed by atoms with Gasteiger partial charge >= 0.3 is 0 Å². The fraction of sp³-hybridized carbons (Fsp3) is 0.667. The van der Waals surface area contributed by atoms with Gasteiger partial charge in [-0.2, -0.15) is 0 Å². The van der Waals surface area contributed by atoms with Crippen LogP contribution in [0.1, 0.15) is 49.9 Å². The van der Waals surface area contributed by atoms with E-state index in [1.54, 1.807) is 12.1 Å². The van der Waals surface area contributed by atoms with E-state index >= 15 is 0 Å². The third kappa shape index (κ3) is 5.35. The van der Waals surface area contributed by atoms with Crippen molar-refractivity contribution in [3.8, 4) is 0 Å². The van der Waals surface area contributed by atoms with Gasteiger partial charge in [-0.25, -0.2) is 0 Å². The molecule has 0 saturated carbocycles. The fourth-order valence-corrected chi connectivity index (χ4v) is 2.14. The maximum Gasteiger partial charge on any atom is 0.287 e. The lowest BCUT2D eigenvalue weighted by Crippen LogP contribution is -2.33. The van der Waals surface area contributed by atoms with Crippen LogP contribution in [0.3, 0.4) is 0 Å². The summed E-state index contributed by atoms with van der Waals surface area (Å²) in [5, 5.41) is 2.95. The van der Waals surface area contributed by atoms with Crippen LogP contribution in [0.15, 0.2) is 16.5 Å². The van der Waals surface area contributed by atoms with E-state index in [2.05, 4.69) is 24.1 Å². The molecule has 20 heavy (non-hydrogen) atoms. The second-order valence-corrected chi connectivity index (χ2v) is 5.01. The van der Waals surface area contributed by atoms with E-state index in [-0.39, 0.29) is 11.9 Å². The van der Waals surface area contributed by atoms with Gasteiger partial charge in [0.2, 0.25) is 0 Å². The quantitative estimate of drug-likeness (QED) is 0.726. The second-order valence-electron chi connectivity index (χ2n) is 5.01. The van der Waals surface area contributed by atoms with E-state index in [9.17, 15) is 4.79 Å². The Morgan fingerprint density at radius 2 is 2.10 bits per heavy atom. The van der Waals surface area contributed by atoms with E-state index in [0.29, 0.717) is 18.1 Å². The third-order valence-electron chi connectivity index (χ3n) is 3.47. The summed E-state index contributed by atoms with van der Waals surface area (Å²) in [5.41, 5.74) is 5.45. The van der Waals surface area contributed by atoms with Gasteiger partial charge in [-0.05, 0) is 51.5 Å². The largest absolute Gasteiger partial charge is 0.455 e. The zero-order valence-electron chi connectivity index (χ0n) is 12.8. The Morgan fingerprint density at radius 1 is 1.40 bits per heavy atom. The van der Waals surface area contributed by atoms with Crippen LogP contribution in [0.2, 0.25) is 0 Å². The molecule has 1 unspecified atom stereocenters. The number of furan rings is 1. The smallest absolute Gasteiger partial charge is 0.287 e. The van der Waals surface area contributed by atoms with Gasteiger partial charge in [0.15, 0.2) is 5.76 Å². The monoisotopic (exact) mass is 281 g/mol. The van der Waals surface area contributed by atoms with Crippen molar-refractivity contribution in [1.29, 1.82) is 0 Å². The zero-order valence-corrected chi connectivity index (χ0v) is 12.8. The Labute approximate surface area is 121 Å². The molecule has 0 spiro atoms. The van der Waals surface area contributed by atoms with E-state index in [4.69, 9.17) is 10.2 Å². The first kappa shape index (κ1) is 16.7. The molecule has 1 rings (SSSR count). The number of amides is 1. The number of nitrogens with zero attached hydrogens (tertiary/aromatic N) is 1. The molecule has 0 aromatic carbocycles. The molecule has 0 aliphatic heterocycles. The molecular weight excluding hydrogens is 254 g/mol. The molecule has 0 radical (unpaired) electrons. The highest BCUT2D eigenvalue weighted by Gasteiger charge is 2.13. The zero-order chi connectivity index (χ0) is 15.0. The highest BCUT2D eigenvalue weighted by Crippen LogP contribution is 2.08. The van der Waals surface area contributed by atoms with Crippen molar-refractivity contribution in [2.45, 2.75) is 46.2 Å². The lowest BCUT2D eigenvalue weighted by Gasteiger charge is -2.19. The fourth-order valence-electron chi connectivity index (χ4n) is 2.14. The maximum absolute atomic E-state index is 11.9. The summed E-state index contributed by atoms with van der Waals surface area (Å²) < 4.78 is 5.33. The number of rotatable bonds is 9. The van der Waals surface area contributed by atoms with Gasteiger partial charge in [-0.1, -0.05) is 13.8 Å². The normalized spacial score (nSPS) is 12.7. The van der Waals surface area contributed by atoms with Crippen molar-refractivity contribution in [3.63, 3.8) is 0 Å². The molecule has 0 fully saturated rings. The van der Waals surface area contributed by atoms with Gasteiger partial charge in [-0.15, -0.1) is 0 Å². The van der Waals surface area contributed by atoms with Crippen molar-refractivity contribution in [3.05, 3.63) is 23.7 Å². The minimum atomic E-state index is -0.167. The number of carbonyl (C=O) groups is 1. The molecule has 1 atom stereocenters. The molecule has 3 N–H and O–H groups in total. The van der Waals surface area contributed by atoms with Crippen LogP contribution in [0.25, 0.3) is 0 Å². The highest BCUT2D eigenvalue weighted by atomic mass is 16.4. The van der Waals surface area contributed by atoms with Crippen LogP contribution in [0.5, 0.6) is 0 Å². The second kappa shape index (κ2) is 8.76. The van der Waals surface area contributed by atoms with Crippen LogP contribution in [-0.4, -0.2) is 36.5 Å². The topological polar surface area (TPSA) is 71.5 Å². The molecule has 1 aromatic heterocycles. The predicted octanol–water partition coefficient (Wildman–Crippen LogP) is 1.98. The first-order chi connectivity index (χ1) is 9.60. The molecule has 5 nitrogen and oxygen atoms in total. The maximum atomic E-state index is 11.9. The van der Waals surface area contributed by atoms with Gasteiger partial charge in [-0.3, -0.25) is 4.79 Å². The highest BCUT2D eigenvalue weighted by molar-refractivity contribution is 5.91. The molecule has 0 aliphatic carbocycles. The molecule has 1 heterocycles. The van der Waals surface area contributed by atoms with Gasteiger partial charge in [0.25, 0.3) is 5.91 Å². The van der Waals surface area contributed by atoms with Crippen LogP contribution >= 0.6 is 0 Å². The lowest BCUT2D eigenvalue weighted by molar-refractivity contribution is 0.0907. The molecule has 0 bridgehead atoms. The molecule has 0 aliphatic rings. The third-order valence-corrected chi connectivity index (χ3v) is 3.47. The van der Waals surface area contributed by atoms with Crippen LogP contribution in [-0.2, 0) is 6.54 Å². The molecular formula is C15H27N3O2. The van der Waals surface area contributed by atoms with E-state index in [0.717, 1.165) is 32.5 Å². The van der Waals surface area contributed by atoms with Gasteiger partial charge in [0, 0.05) is 6.04 Å². The minimum absolute atomic E-state index is 0.143. The van der Waals surface area contributed by atoms with Gasteiger partial charge in [0.1, 0.15) is 5.76 Å². The summed E-state index contributed by atoms with van der Waals surface area (Å²) in [6, 6.07) is 3.55. The Morgan fingerprint density at radius 3 is 2.65 bits per heavy atom. The summed E-state index contributed by atoms with van der Waals surface area (Å²) >= 11 is 0. The van der Waals surface area contributed by atoms with Crippen molar-refractivity contribution >= 4 is 5.91 Å². The number of hydrogen-bond acceptors (Lipinski definition) is 4. The van der Waals surface area contributed by atoms with Crippen molar-refractivity contribution in [1.82, 2.24) is 10.2 Å². The average Bonchev–Trinajstić information content (AvgIpc) is 2.92. The first-order valence-electron chi connectivity index (χ1n) is 7.42. The Balaban J connectivity index is 2.31. The summed E-state index contributed by atoms with van der Waals surface area (Å²) in [4.78, 5) is 14.3. The van der Waals surface area contributed by atoms with Crippen LogP contribution < -0.4 is 11.1 Å². The summed E-state index contributed by atoms with van der Waals surface area (Å²) in [6.07, 6.45) is 2.04. The Hall–Kier alpha value is -1.33. The van der Waals surface area contributed by atoms with Crippen LogP contribution in [0.4, 0.5) is 0 Å². The molecule has 0 saturated heterocycles. The van der Waals surface area contributed by atoms with Gasteiger partial charge < -0.3 is 20.4 Å². The molecule has 114 valence electrons. The summed E-state index contributed by atoms with van der Waals surface area (Å²) in [6.45, 7) is 9.89. The molecule has 5 heteroatoms. The summed E-state index contributed by atoms with van der Waals surface area (Å²) in [5.74, 6) is 0.797. The first-order valence-corrected chi connectivity index (χ1v) is 7.42. The Kier molecular flexibility index (Phi) is 7.33. The average molecular weight is 281 g/mol. The number of carbonyl (C=O) groups excluding carboxylic acids is 1.